The van der Waals surface area contributed by atoms with Crippen LogP contribution in [-0.4, -0.2) is 36.4 Å². The van der Waals surface area contributed by atoms with Crippen LogP contribution in [0.1, 0.15) is 48.4 Å². The van der Waals surface area contributed by atoms with Crippen molar-refractivity contribution in [2.45, 2.75) is 44.0 Å². The highest BCUT2D eigenvalue weighted by atomic mass is 35.5. The number of alkyl halides is 3. The lowest BCUT2D eigenvalue weighted by atomic mass is 9.74. The van der Waals surface area contributed by atoms with Crippen molar-refractivity contribution in [1.82, 2.24) is 15.6 Å². The SMILES string of the molecule is O=C1Nc2c(Cl)cc3nc(C(=O)NCCOC(F)(F)F)oc3c2C2(CCCCC2)N1. The highest BCUT2D eigenvalue weighted by Gasteiger charge is 2.44. The lowest BCUT2D eigenvalue weighted by Crippen LogP contribution is -2.52. The van der Waals surface area contributed by atoms with Crippen LogP contribution in [0.15, 0.2) is 10.5 Å². The monoisotopic (exact) mass is 446 g/mol. The van der Waals surface area contributed by atoms with Gasteiger partial charge in [-0.2, -0.15) is 0 Å². The van der Waals surface area contributed by atoms with Gasteiger partial charge in [0.05, 0.1) is 22.9 Å². The molecule has 1 spiro atoms. The number of aromatic nitrogens is 1. The minimum Gasteiger partial charge on any atom is -0.432 e. The molecule has 0 bridgehead atoms. The third-order valence-corrected chi connectivity index (χ3v) is 5.56. The van der Waals surface area contributed by atoms with Gasteiger partial charge in [-0.15, -0.1) is 13.2 Å². The molecule has 0 saturated heterocycles. The van der Waals surface area contributed by atoms with Gasteiger partial charge in [-0.25, -0.2) is 9.78 Å². The minimum atomic E-state index is -4.77. The average Bonchev–Trinajstić information content (AvgIpc) is 3.08. The van der Waals surface area contributed by atoms with Crippen LogP contribution in [0.3, 0.4) is 0 Å². The molecule has 1 aromatic heterocycles. The number of oxazole rings is 1. The van der Waals surface area contributed by atoms with Crippen LogP contribution < -0.4 is 16.0 Å². The first-order valence-corrected chi connectivity index (χ1v) is 9.78. The third kappa shape index (κ3) is 3.91. The molecule has 4 rings (SSSR count). The molecule has 1 fully saturated rings. The van der Waals surface area contributed by atoms with Gasteiger partial charge in [0.1, 0.15) is 5.52 Å². The zero-order valence-electron chi connectivity index (χ0n) is 15.6. The van der Waals surface area contributed by atoms with Crippen LogP contribution in [0, 0.1) is 0 Å². The van der Waals surface area contributed by atoms with Crippen LogP contribution in [0.25, 0.3) is 11.1 Å². The number of benzene rings is 1. The number of rotatable bonds is 4. The predicted octanol–water partition coefficient (Wildman–Crippen LogP) is 4.04. The number of anilines is 1. The lowest BCUT2D eigenvalue weighted by Gasteiger charge is -2.42. The second-order valence-corrected chi connectivity index (χ2v) is 7.65. The van der Waals surface area contributed by atoms with Gasteiger partial charge in [0.25, 0.3) is 5.89 Å². The number of hydrogen-bond donors (Lipinski definition) is 3. The van der Waals surface area contributed by atoms with Crippen molar-refractivity contribution in [1.29, 1.82) is 0 Å². The number of halogens is 4. The third-order valence-electron chi connectivity index (χ3n) is 5.26. The summed E-state index contributed by atoms with van der Waals surface area (Å²) in [6.07, 6.45) is -0.583. The van der Waals surface area contributed by atoms with E-state index >= 15 is 0 Å². The highest BCUT2D eigenvalue weighted by molar-refractivity contribution is 6.35. The summed E-state index contributed by atoms with van der Waals surface area (Å²) in [4.78, 5) is 28.7. The fourth-order valence-electron chi connectivity index (χ4n) is 4.07. The van der Waals surface area contributed by atoms with E-state index in [-0.39, 0.29) is 23.5 Å². The predicted molar refractivity (Wildman–Crippen MR) is 100 cm³/mol. The van der Waals surface area contributed by atoms with Gasteiger partial charge >= 0.3 is 18.3 Å². The van der Waals surface area contributed by atoms with Crippen molar-refractivity contribution >= 4 is 40.3 Å². The molecule has 30 heavy (non-hydrogen) atoms. The van der Waals surface area contributed by atoms with E-state index in [0.29, 0.717) is 35.2 Å². The topological polar surface area (TPSA) is 105 Å². The number of carbonyl (C=O) groups is 2. The molecule has 0 radical (unpaired) electrons. The van der Waals surface area contributed by atoms with Crippen molar-refractivity contribution in [3.63, 3.8) is 0 Å². The maximum atomic E-state index is 12.3. The van der Waals surface area contributed by atoms with Gasteiger partial charge in [-0.05, 0) is 18.9 Å². The van der Waals surface area contributed by atoms with Crippen LogP contribution >= 0.6 is 11.6 Å². The maximum absolute atomic E-state index is 12.3. The molecule has 1 aromatic carbocycles. The fourth-order valence-corrected chi connectivity index (χ4v) is 4.32. The van der Waals surface area contributed by atoms with Gasteiger partial charge in [-0.1, -0.05) is 30.9 Å². The standard InChI is InChI=1S/C18H18ClF3N4O4/c19-9-8-10-13(30-15(24-10)14(27)23-6-7-29-18(20,21)22)11-12(9)25-16(28)26-17(11)4-2-1-3-5-17/h8H,1-7H2,(H,23,27)(H2,25,26,28). The maximum Gasteiger partial charge on any atom is 0.522 e. The Balaban J connectivity index is 1.66. The minimum absolute atomic E-state index is 0.260. The van der Waals surface area contributed by atoms with Crippen LogP contribution in [0.2, 0.25) is 5.02 Å². The summed E-state index contributed by atoms with van der Waals surface area (Å²) < 4.78 is 45.4. The molecular weight excluding hydrogens is 429 g/mol. The Kier molecular flexibility index (Phi) is 5.27. The summed E-state index contributed by atoms with van der Waals surface area (Å²) in [6.45, 7) is -1.12. The summed E-state index contributed by atoms with van der Waals surface area (Å²) in [5.74, 6) is -1.10. The zero-order valence-corrected chi connectivity index (χ0v) is 16.4. The number of carbonyl (C=O) groups excluding carboxylic acids is 2. The van der Waals surface area contributed by atoms with Crippen molar-refractivity contribution in [3.8, 4) is 0 Å². The van der Waals surface area contributed by atoms with Crippen molar-refractivity contribution in [3.05, 3.63) is 22.5 Å². The molecule has 1 aliphatic carbocycles. The first-order chi connectivity index (χ1) is 14.2. The van der Waals surface area contributed by atoms with Crippen LogP contribution in [-0.2, 0) is 10.3 Å². The molecule has 1 saturated carbocycles. The number of nitrogens with zero attached hydrogens (tertiary/aromatic N) is 1. The van der Waals surface area contributed by atoms with Crippen LogP contribution in [0.4, 0.5) is 23.7 Å². The Bertz CT molecular complexity index is 1000. The summed E-state index contributed by atoms with van der Waals surface area (Å²) in [5.41, 5.74) is 0.985. The first kappa shape index (κ1) is 20.7. The summed E-state index contributed by atoms with van der Waals surface area (Å²) in [7, 11) is 0. The van der Waals surface area contributed by atoms with E-state index in [0.717, 1.165) is 19.3 Å². The van der Waals surface area contributed by atoms with E-state index in [2.05, 4.69) is 25.7 Å². The number of hydrogen-bond acceptors (Lipinski definition) is 5. The van der Waals surface area contributed by atoms with E-state index in [4.69, 9.17) is 16.0 Å². The number of ether oxygens (including phenoxy) is 1. The van der Waals surface area contributed by atoms with Crippen molar-refractivity contribution in [2.75, 3.05) is 18.5 Å². The Morgan fingerprint density at radius 3 is 2.77 bits per heavy atom. The normalized spacial score (nSPS) is 18.1. The van der Waals surface area contributed by atoms with Gasteiger partial charge < -0.3 is 20.4 Å². The van der Waals surface area contributed by atoms with Crippen molar-refractivity contribution < 1.29 is 31.9 Å². The number of nitrogens with one attached hydrogen (secondary N) is 3. The average molecular weight is 447 g/mol. The van der Waals surface area contributed by atoms with Gasteiger partial charge in [0, 0.05) is 12.1 Å². The Labute approximate surface area is 173 Å². The Morgan fingerprint density at radius 1 is 1.33 bits per heavy atom. The molecular formula is C18H18ClF3N4O4. The Morgan fingerprint density at radius 2 is 2.07 bits per heavy atom. The number of fused-ring (bicyclic) bond motifs is 4. The number of amides is 3. The molecule has 3 amide bonds. The molecule has 2 aliphatic rings. The van der Waals surface area contributed by atoms with Crippen LogP contribution in [0.5, 0.6) is 0 Å². The van der Waals surface area contributed by atoms with E-state index in [1.807, 2.05) is 0 Å². The van der Waals surface area contributed by atoms with E-state index in [9.17, 15) is 22.8 Å². The van der Waals surface area contributed by atoms with E-state index in [1.54, 1.807) is 0 Å². The van der Waals surface area contributed by atoms with Gasteiger partial charge in [0.2, 0.25) is 0 Å². The highest BCUT2D eigenvalue weighted by Crippen LogP contribution is 2.48. The first-order valence-electron chi connectivity index (χ1n) is 9.40. The molecule has 3 N–H and O–H groups in total. The second-order valence-electron chi connectivity index (χ2n) is 7.25. The van der Waals surface area contributed by atoms with E-state index < -0.39 is 24.4 Å². The van der Waals surface area contributed by atoms with Crippen molar-refractivity contribution in [2.24, 2.45) is 0 Å². The molecule has 12 heteroatoms. The largest absolute Gasteiger partial charge is 0.522 e. The molecule has 1 aliphatic heterocycles. The Hall–Kier alpha value is -2.53. The number of urea groups is 1. The second kappa shape index (κ2) is 7.62. The van der Waals surface area contributed by atoms with Gasteiger partial charge in [-0.3, -0.25) is 9.53 Å². The molecule has 0 atom stereocenters. The zero-order chi connectivity index (χ0) is 21.5. The molecule has 8 nitrogen and oxygen atoms in total. The molecule has 162 valence electrons. The summed E-state index contributed by atoms with van der Waals surface area (Å²) in [6, 6.07) is 1.11. The smallest absolute Gasteiger partial charge is 0.432 e. The molecule has 2 heterocycles. The van der Waals surface area contributed by atoms with E-state index in [1.165, 1.54) is 6.07 Å². The fraction of sp³-hybridized carbons (Fsp3) is 0.500. The lowest BCUT2D eigenvalue weighted by molar-refractivity contribution is -0.323. The summed E-state index contributed by atoms with van der Waals surface area (Å²) in [5, 5.41) is 8.20. The van der Waals surface area contributed by atoms with Gasteiger partial charge in [0.15, 0.2) is 5.58 Å². The molecule has 2 aromatic rings. The quantitative estimate of drug-likeness (QED) is 0.615. The molecule has 0 unspecified atom stereocenters. The summed E-state index contributed by atoms with van der Waals surface area (Å²) >= 11 is 6.38.